The van der Waals surface area contributed by atoms with Crippen molar-refractivity contribution in [1.82, 2.24) is 0 Å². The molecule has 0 saturated carbocycles. The van der Waals surface area contributed by atoms with Crippen molar-refractivity contribution in [2.75, 3.05) is 11.9 Å². The second kappa shape index (κ2) is 6.65. The van der Waals surface area contributed by atoms with Gasteiger partial charge in [-0.25, -0.2) is 8.78 Å². The Morgan fingerprint density at radius 1 is 1.24 bits per heavy atom. The van der Waals surface area contributed by atoms with Crippen LogP contribution in [-0.4, -0.2) is 18.5 Å². The van der Waals surface area contributed by atoms with Crippen molar-refractivity contribution in [1.29, 1.82) is 0 Å². The Kier molecular flexibility index (Phi) is 5.41. The Balaban J connectivity index is 3.05. The van der Waals surface area contributed by atoms with Crippen molar-refractivity contribution in [3.05, 3.63) is 29.8 Å². The standard InChI is InChI=1S/C15H19F2NO3/c1-5-21-14(20)11(15(2,3)4)13(19)18-12-9(16)7-6-8-10(12)17/h6-8,11H,5H2,1-4H3,(H,18,19). The zero-order valence-electron chi connectivity index (χ0n) is 12.5. The van der Waals surface area contributed by atoms with Crippen LogP contribution >= 0.6 is 0 Å². The van der Waals surface area contributed by atoms with Crippen molar-refractivity contribution in [2.24, 2.45) is 11.3 Å². The predicted molar refractivity (Wildman–Crippen MR) is 74.6 cm³/mol. The average Bonchev–Trinajstić information content (AvgIpc) is 2.32. The number of ether oxygens (including phenoxy) is 1. The minimum absolute atomic E-state index is 0.118. The third-order valence-corrected chi connectivity index (χ3v) is 2.86. The lowest BCUT2D eigenvalue weighted by Gasteiger charge is -2.27. The highest BCUT2D eigenvalue weighted by atomic mass is 19.1. The van der Waals surface area contributed by atoms with Gasteiger partial charge in [0.25, 0.3) is 0 Å². The highest BCUT2D eigenvalue weighted by Crippen LogP contribution is 2.29. The van der Waals surface area contributed by atoms with E-state index < -0.39 is 40.5 Å². The van der Waals surface area contributed by atoms with Gasteiger partial charge < -0.3 is 10.1 Å². The number of hydrogen-bond acceptors (Lipinski definition) is 3. The van der Waals surface area contributed by atoms with Crippen LogP contribution in [0.5, 0.6) is 0 Å². The maximum Gasteiger partial charge on any atom is 0.319 e. The molecule has 1 unspecified atom stereocenters. The average molecular weight is 299 g/mol. The van der Waals surface area contributed by atoms with Crippen molar-refractivity contribution < 1.29 is 23.1 Å². The van der Waals surface area contributed by atoms with E-state index in [1.165, 1.54) is 6.07 Å². The van der Waals surface area contributed by atoms with Crippen LogP contribution in [0.3, 0.4) is 0 Å². The molecule has 1 aromatic carbocycles. The summed E-state index contributed by atoms with van der Waals surface area (Å²) in [6.45, 7) is 6.75. The third-order valence-electron chi connectivity index (χ3n) is 2.86. The highest BCUT2D eigenvalue weighted by molar-refractivity contribution is 6.05. The zero-order valence-corrected chi connectivity index (χ0v) is 12.5. The van der Waals surface area contributed by atoms with Crippen LogP contribution < -0.4 is 5.32 Å². The topological polar surface area (TPSA) is 55.4 Å². The van der Waals surface area contributed by atoms with E-state index in [-0.39, 0.29) is 6.61 Å². The van der Waals surface area contributed by atoms with Crippen LogP contribution in [0.1, 0.15) is 27.7 Å². The lowest BCUT2D eigenvalue weighted by Crippen LogP contribution is -2.40. The van der Waals surface area contributed by atoms with Gasteiger partial charge in [-0.05, 0) is 24.5 Å². The molecule has 1 aromatic rings. The molecule has 0 saturated heterocycles. The van der Waals surface area contributed by atoms with E-state index in [1.54, 1.807) is 27.7 Å². The van der Waals surface area contributed by atoms with Crippen molar-refractivity contribution in [2.45, 2.75) is 27.7 Å². The number of carbonyl (C=O) groups is 2. The largest absolute Gasteiger partial charge is 0.465 e. The molecule has 0 radical (unpaired) electrons. The first-order chi connectivity index (χ1) is 9.68. The molecule has 116 valence electrons. The summed E-state index contributed by atoms with van der Waals surface area (Å²) < 4.78 is 32.0. The van der Waals surface area contributed by atoms with Gasteiger partial charge in [-0.3, -0.25) is 9.59 Å². The van der Waals surface area contributed by atoms with Gasteiger partial charge in [0.05, 0.1) is 6.61 Å². The molecular weight excluding hydrogens is 280 g/mol. The van der Waals surface area contributed by atoms with E-state index in [1.807, 2.05) is 0 Å². The SMILES string of the molecule is CCOC(=O)C(C(=O)Nc1c(F)cccc1F)C(C)(C)C. The fourth-order valence-corrected chi connectivity index (χ4v) is 1.89. The van der Waals surface area contributed by atoms with E-state index in [0.29, 0.717) is 0 Å². The highest BCUT2D eigenvalue weighted by Gasteiger charge is 2.39. The van der Waals surface area contributed by atoms with Gasteiger partial charge in [-0.2, -0.15) is 0 Å². The van der Waals surface area contributed by atoms with Crippen LogP contribution in [0, 0.1) is 23.0 Å². The molecular formula is C15H19F2NO3. The van der Waals surface area contributed by atoms with Gasteiger partial charge in [0.1, 0.15) is 23.2 Å². The maximum absolute atomic E-state index is 13.5. The second-order valence-electron chi connectivity index (χ2n) is 5.64. The summed E-state index contributed by atoms with van der Waals surface area (Å²) >= 11 is 0. The monoisotopic (exact) mass is 299 g/mol. The Morgan fingerprint density at radius 3 is 2.19 bits per heavy atom. The summed E-state index contributed by atoms with van der Waals surface area (Å²) in [6, 6.07) is 3.23. The van der Waals surface area contributed by atoms with Crippen molar-refractivity contribution >= 4 is 17.6 Å². The number of anilines is 1. The van der Waals surface area contributed by atoms with E-state index in [0.717, 1.165) is 12.1 Å². The van der Waals surface area contributed by atoms with Crippen LogP contribution in [0.4, 0.5) is 14.5 Å². The molecule has 0 fully saturated rings. The number of carbonyl (C=O) groups excluding carboxylic acids is 2. The molecule has 0 bridgehead atoms. The summed E-state index contributed by atoms with van der Waals surface area (Å²) in [5.74, 6) is -4.50. The molecule has 21 heavy (non-hydrogen) atoms. The van der Waals surface area contributed by atoms with Gasteiger partial charge in [0, 0.05) is 0 Å². The number of rotatable bonds is 4. The maximum atomic E-state index is 13.5. The van der Waals surface area contributed by atoms with Gasteiger partial charge in [0.15, 0.2) is 0 Å². The van der Waals surface area contributed by atoms with E-state index in [4.69, 9.17) is 4.74 Å². The van der Waals surface area contributed by atoms with E-state index in [2.05, 4.69) is 5.32 Å². The summed E-state index contributed by atoms with van der Waals surface area (Å²) in [6.07, 6.45) is 0. The molecule has 6 heteroatoms. The molecule has 4 nitrogen and oxygen atoms in total. The van der Waals surface area contributed by atoms with Gasteiger partial charge >= 0.3 is 5.97 Å². The predicted octanol–water partition coefficient (Wildman–Crippen LogP) is 3.13. The van der Waals surface area contributed by atoms with Crippen molar-refractivity contribution in [3.8, 4) is 0 Å². The van der Waals surface area contributed by atoms with Crippen LogP contribution in [-0.2, 0) is 14.3 Å². The Labute approximate surface area is 122 Å². The molecule has 0 spiro atoms. The molecule has 0 aliphatic rings. The normalized spacial score (nSPS) is 12.7. The molecule has 1 atom stereocenters. The molecule has 1 N–H and O–H groups in total. The smallest absolute Gasteiger partial charge is 0.319 e. The minimum Gasteiger partial charge on any atom is -0.465 e. The van der Waals surface area contributed by atoms with E-state index in [9.17, 15) is 18.4 Å². The lowest BCUT2D eigenvalue weighted by atomic mass is 9.80. The first kappa shape index (κ1) is 17.1. The number of para-hydroxylation sites is 1. The number of hydrogen-bond donors (Lipinski definition) is 1. The molecule has 1 rings (SSSR count). The summed E-state index contributed by atoms with van der Waals surface area (Å²) in [5.41, 5.74) is -1.32. The minimum atomic E-state index is -1.17. The number of esters is 1. The van der Waals surface area contributed by atoms with Gasteiger partial charge in [-0.15, -0.1) is 0 Å². The van der Waals surface area contributed by atoms with Crippen molar-refractivity contribution in [3.63, 3.8) is 0 Å². The van der Waals surface area contributed by atoms with Crippen LogP contribution in [0.2, 0.25) is 0 Å². The summed E-state index contributed by atoms with van der Waals surface area (Å²) in [7, 11) is 0. The van der Waals surface area contributed by atoms with Gasteiger partial charge in [-0.1, -0.05) is 26.8 Å². The first-order valence-corrected chi connectivity index (χ1v) is 6.60. The Hall–Kier alpha value is -1.98. The third kappa shape index (κ3) is 4.24. The van der Waals surface area contributed by atoms with E-state index >= 15 is 0 Å². The Bertz CT molecular complexity index is 518. The first-order valence-electron chi connectivity index (χ1n) is 6.60. The number of nitrogens with one attached hydrogen (secondary N) is 1. The van der Waals surface area contributed by atoms with Crippen LogP contribution in [0.15, 0.2) is 18.2 Å². The Morgan fingerprint density at radius 2 is 1.76 bits per heavy atom. The molecule has 0 heterocycles. The molecule has 0 aliphatic carbocycles. The fourth-order valence-electron chi connectivity index (χ4n) is 1.89. The van der Waals surface area contributed by atoms with Gasteiger partial charge in [0.2, 0.25) is 5.91 Å². The lowest BCUT2D eigenvalue weighted by molar-refractivity contribution is -0.155. The number of amides is 1. The molecule has 0 aromatic heterocycles. The molecule has 1 amide bonds. The zero-order chi connectivity index (χ0) is 16.2. The quantitative estimate of drug-likeness (QED) is 0.686. The summed E-state index contributed by atoms with van der Waals surface area (Å²) in [5, 5.41) is 2.13. The number of benzene rings is 1. The second-order valence-corrected chi connectivity index (χ2v) is 5.64. The summed E-state index contributed by atoms with van der Waals surface area (Å²) in [4.78, 5) is 24.2. The molecule has 0 aliphatic heterocycles. The van der Waals surface area contributed by atoms with Crippen LogP contribution in [0.25, 0.3) is 0 Å². The fraction of sp³-hybridized carbons (Fsp3) is 0.467. The number of halogens is 2.